The number of benzene rings is 1. The Balaban J connectivity index is 2.33. The second-order valence-electron chi connectivity index (χ2n) is 4.58. The summed E-state index contributed by atoms with van der Waals surface area (Å²) in [6.45, 7) is 3.53. The molecule has 1 heterocycles. The van der Waals surface area contributed by atoms with Gasteiger partial charge in [-0.3, -0.25) is 10.1 Å². The van der Waals surface area contributed by atoms with E-state index in [1.54, 1.807) is 20.0 Å². The Morgan fingerprint density at radius 2 is 2.20 bits per heavy atom. The van der Waals surface area contributed by atoms with Crippen molar-refractivity contribution in [2.24, 2.45) is 7.05 Å². The summed E-state index contributed by atoms with van der Waals surface area (Å²) in [7, 11) is 1.67. The van der Waals surface area contributed by atoms with Crippen LogP contribution in [-0.2, 0) is 7.05 Å². The molecule has 0 spiro atoms. The van der Waals surface area contributed by atoms with Crippen molar-refractivity contribution in [2.75, 3.05) is 5.32 Å². The van der Waals surface area contributed by atoms with E-state index < -0.39 is 4.92 Å². The minimum atomic E-state index is -0.421. The molecule has 1 unspecified atom stereocenters. The van der Waals surface area contributed by atoms with Crippen molar-refractivity contribution >= 4 is 23.1 Å². The summed E-state index contributed by atoms with van der Waals surface area (Å²) in [4.78, 5) is 10.7. The predicted molar refractivity (Wildman–Crippen MR) is 78.1 cm³/mol. The van der Waals surface area contributed by atoms with Crippen molar-refractivity contribution in [3.8, 4) is 0 Å². The van der Waals surface area contributed by atoms with Crippen molar-refractivity contribution in [1.82, 2.24) is 9.78 Å². The molecule has 0 bridgehead atoms. The van der Waals surface area contributed by atoms with Gasteiger partial charge in [-0.1, -0.05) is 23.7 Å². The topological polar surface area (TPSA) is 73.0 Å². The molecule has 2 aromatic rings. The lowest BCUT2D eigenvalue weighted by Crippen LogP contribution is -2.11. The first kappa shape index (κ1) is 14.3. The summed E-state index contributed by atoms with van der Waals surface area (Å²) >= 11 is 5.96. The van der Waals surface area contributed by atoms with Crippen molar-refractivity contribution in [3.05, 3.63) is 50.7 Å². The van der Waals surface area contributed by atoms with E-state index in [9.17, 15) is 10.1 Å². The van der Waals surface area contributed by atoms with E-state index in [0.717, 1.165) is 5.56 Å². The molecular weight excluding hydrogens is 280 g/mol. The molecule has 0 aliphatic carbocycles. The van der Waals surface area contributed by atoms with E-state index in [1.165, 1.54) is 4.68 Å². The zero-order valence-electron chi connectivity index (χ0n) is 11.4. The Hall–Kier alpha value is -2.08. The molecule has 0 saturated carbocycles. The first-order chi connectivity index (χ1) is 9.40. The number of nitro groups is 1. The van der Waals surface area contributed by atoms with Crippen molar-refractivity contribution in [1.29, 1.82) is 0 Å². The van der Waals surface area contributed by atoms with Gasteiger partial charge < -0.3 is 5.32 Å². The monoisotopic (exact) mass is 294 g/mol. The maximum atomic E-state index is 11.1. The highest BCUT2D eigenvalue weighted by molar-refractivity contribution is 6.30. The van der Waals surface area contributed by atoms with Gasteiger partial charge in [-0.05, 0) is 31.5 Å². The molecule has 0 aliphatic rings. The van der Waals surface area contributed by atoms with Crippen LogP contribution in [0, 0.1) is 17.0 Å². The number of hydrogen-bond acceptors (Lipinski definition) is 4. The summed E-state index contributed by atoms with van der Waals surface area (Å²) in [5.41, 5.74) is 1.34. The average molecular weight is 295 g/mol. The predicted octanol–water partition coefficient (Wildman–Crippen LogP) is 3.46. The molecule has 7 heteroatoms. The van der Waals surface area contributed by atoms with Crippen LogP contribution >= 0.6 is 11.6 Å². The highest BCUT2D eigenvalue weighted by Crippen LogP contribution is 2.30. The van der Waals surface area contributed by atoms with Gasteiger partial charge in [-0.2, -0.15) is 5.10 Å². The van der Waals surface area contributed by atoms with Crippen LogP contribution in [0.15, 0.2) is 24.3 Å². The zero-order valence-corrected chi connectivity index (χ0v) is 12.2. The number of hydrogen-bond donors (Lipinski definition) is 1. The van der Waals surface area contributed by atoms with Crippen LogP contribution < -0.4 is 5.32 Å². The smallest absolute Gasteiger partial charge is 0.333 e. The fraction of sp³-hybridized carbons (Fsp3) is 0.308. The van der Waals surface area contributed by atoms with Gasteiger partial charge >= 0.3 is 5.69 Å². The molecule has 1 aromatic heterocycles. The van der Waals surface area contributed by atoms with Gasteiger partial charge in [0.15, 0.2) is 0 Å². The highest BCUT2D eigenvalue weighted by atomic mass is 35.5. The van der Waals surface area contributed by atoms with E-state index in [2.05, 4.69) is 10.4 Å². The maximum Gasteiger partial charge on any atom is 0.333 e. The molecule has 106 valence electrons. The van der Waals surface area contributed by atoms with Gasteiger partial charge in [-0.15, -0.1) is 0 Å². The molecule has 6 nitrogen and oxygen atoms in total. The lowest BCUT2D eigenvalue weighted by molar-refractivity contribution is -0.384. The van der Waals surface area contributed by atoms with Crippen molar-refractivity contribution in [2.45, 2.75) is 19.9 Å². The summed E-state index contributed by atoms with van der Waals surface area (Å²) in [5, 5.41) is 19.0. The van der Waals surface area contributed by atoms with Crippen LogP contribution in [0.1, 0.15) is 24.2 Å². The van der Waals surface area contributed by atoms with Crippen LogP contribution in [0.3, 0.4) is 0 Å². The molecule has 1 aromatic carbocycles. The first-order valence-corrected chi connectivity index (χ1v) is 6.48. The Morgan fingerprint density at radius 1 is 1.50 bits per heavy atom. The fourth-order valence-electron chi connectivity index (χ4n) is 2.09. The number of nitrogens with zero attached hydrogens (tertiary/aromatic N) is 3. The van der Waals surface area contributed by atoms with Crippen LogP contribution in [0.2, 0.25) is 5.02 Å². The van der Waals surface area contributed by atoms with Crippen LogP contribution in [0.5, 0.6) is 0 Å². The Bertz CT molecular complexity index is 654. The quantitative estimate of drug-likeness (QED) is 0.692. The second-order valence-corrected chi connectivity index (χ2v) is 5.02. The average Bonchev–Trinajstić information content (AvgIpc) is 2.64. The van der Waals surface area contributed by atoms with Crippen LogP contribution in [-0.4, -0.2) is 14.7 Å². The van der Waals surface area contributed by atoms with E-state index in [4.69, 9.17) is 11.6 Å². The molecule has 0 aliphatic heterocycles. The van der Waals surface area contributed by atoms with E-state index in [-0.39, 0.29) is 11.7 Å². The summed E-state index contributed by atoms with van der Waals surface area (Å²) in [6.07, 6.45) is 0. The molecule has 2 rings (SSSR count). The molecule has 1 N–H and O–H groups in total. The summed E-state index contributed by atoms with van der Waals surface area (Å²) < 4.78 is 1.48. The van der Waals surface area contributed by atoms with Gasteiger partial charge in [0, 0.05) is 12.1 Å². The standard InChI is InChI=1S/C13H15ClN4O2/c1-8(10-5-4-6-11(14)7-10)15-13-12(18(19)20)9(2)16-17(13)3/h4-8,15H,1-3H3. The van der Waals surface area contributed by atoms with Gasteiger partial charge in [-0.25, -0.2) is 4.68 Å². The third-order valence-corrected chi connectivity index (χ3v) is 3.31. The number of rotatable bonds is 4. The largest absolute Gasteiger partial charge is 0.358 e. The fourth-order valence-corrected chi connectivity index (χ4v) is 2.29. The molecule has 0 radical (unpaired) electrons. The number of nitrogens with one attached hydrogen (secondary N) is 1. The minimum absolute atomic E-state index is 0.00128. The van der Waals surface area contributed by atoms with Crippen LogP contribution in [0.4, 0.5) is 11.5 Å². The molecule has 0 amide bonds. The summed E-state index contributed by atoms with van der Waals surface area (Å²) in [6, 6.07) is 7.25. The molecule has 1 atom stereocenters. The normalized spacial score (nSPS) is 12.2. The molecule has 0 fully saturated rings. The molecular formula is C13H15ClN4O2. The second kappa shape index (κ2) is 5.50. The van der Waals surface area contributed by atoms with E-state index in [0.29, 0.717) is 16.5 Å². The minimum Gasteiger partial charge on any atom is -0.358 e. The van der Waals surface area contributed by atoms with E-state index >= 15 is 0 Å². The van der Waals surface area contributed by atoms with Crippen molar-refractivity contribution in [3.63, 3.8) is 0 Å². The number of anilines is 1. The lowest BCUT2D eigenvalue weighted by atomic mass is 10.1. The number of halogens is 1. The van der Waals surface area contributed by atoms with Crippen LogP contribution in [0.25, 0.3) is 0 Å². The third kappa shape index (κ3) is 2.75. The van der Waals surface area contributed by atoms with Gasteiger partial charge in [0.25, 0.3) is 0 Å². The Morgan fingerprint density at radius 3 is 2.80 bits per heavy atom. The Labute approximate surface area is 121 Å². The zero-order chi connectivity index (χ0) is 14.9. The summed E-state index contributed by atoms with van der Waals surface area (Å²) in [5.74, 6) is 0.389. The van der Waals surface area contributed by atoms with Gasteiger partial charge in [0.2, 0.25) is 5.82 Å². The maximum absolute atomic E-state index is 11.1. The molecule has 0 saturated heterocycles. The molecule has 20 heavy (non-hydrogen) atoms. The Kier molecular flexibility index (Phi) is 3.94. The van der Waals surface area contributed by atoms with Gasteiger partial charge in [0.1, 0.15) is 5.69 Å². The van der Waals surface area contributed by atoms with Crippen molar-refractivity contribution < 1.29 is 4.92 Å². The SMILES string of the molecule is Cc1nn(C)c(NC(C)c2cccc(Cl)c2)c1[N+](=O)[O-]. The first-order valence-electron chi connectivity index (χ1n) is 6.10. The number of aromatic nitrogens is 2. The highest BCUT2D eigenvalue weighted by Gasteiger charge is 2.25. The third-order valence-electron chi connectivity index (χ3n) is 3.08. The van der Waals surface area contributed by atoms with E-state index in [1.807, 2.05) is 25.1 Å². The lowest BCUT2D eigenvalue weighted by Gasteiger charge is -2.15. The number of aryl methyl sites for hydroxylation is 2. The van der Waals surface area contributed by atoms with Gasteiger partial charge in [0.05, 0.1) is 11.0 Å².